The van der Waals surface area contributed by atoms with Crippen LogP contribution in [0, 0.1) is 0 Å². The average Bonchev–Trinajstić information content (AvgIpc) is 2.15. The summed E-state index contributed by atoms with van der Waals surface area (Å²) in [6.07, 6.45) is 1.73. The normalized spacial score (nSPS) is 9.60. The van der Waals surface area contributed by atoms with Crippen LogP contribution in [0.25, 0.3) is 0 Å². The molecule has 10 heavy (non-hydrogen) atoms. The third-order valence-corrected chi connectivity index (χ3v) is 1.77. The van der Waals surface area contributed by atoms with Crippen LogP contribution in [0.2, 0.25) is 0 Å². The average molecular weight is 158 g/mol. The van der Waals surface area contributed by atoms with E-state index in [1.807, 2.05) is 0 Å². The number of aromatic nitrogens is 1. The molecule has 0 aliphatic carbocycles. The van der Waals surface area contributed by atoms with E-state index in [4.69, 9.17) is 11.5 Å². The predicted octanol–water partition coefficient (Wildman–Crippen LogP) is -0.897. The van der Waals surface area contributed by atoms with Crippen LogP contribution < -0.4 is 16.0 Å². The van der Waals surface area contributed by atoms with Gasteiger partial charge in [0.1, 0.15) is 6.20 Å². The van der Waals surface area contributed by atoms with Crippen molar-refractivity contribution >= 4 is 22.4 Å². The molecular weight excluding hydrogens is 150 g/mol. The molecule has 1 aromatic heterocycles. The van der Waals surface area contributed by atoms with Gasteiger partial charge in [0, 0.05) is 5.38 Å². The first-order chi connectivity index (χ1) is 4.70. The van der Waals surface area contributed by atoms with E-state index in [-0.39, 0.29) is 12.5 Å². The molecular formula is C5H8N3OS+. The van der Waals surface area contributed by atoms with Crippen molar-refractivity contribution in [3.8, 4) is 0 Å². The van der Waals surface area contributed by atoms with Crippen molar-refractivity contribution in [2.45, 2.75) is 6.54 Å². The lowest BCUT2D eigenvalue weighted by Gasteiger charge is -1.90. The van der Waals surface area contributed by atoms with Gasteiger partial charge in [0.05, 0.1) is 0 Å². The zero-order valence-corrected chi connectivity index (χ0v) is 6.10. The maximum absolute atomic E-state index is 10.4. The Bertz CT molecular complexity index is 245. The first kappa shape index (κ1) is 7.01. The molecule has 1 rings (SSSR count). The molecule has 0 aliphatic heterocycles. The van der Waals surface area contributed by atoms with Gasteiger partial charge in [-0.15, -0.1) is 0 Å². The van der Waals surface area contributed by atoms with Gasteiger partial charge >= 0.3 is 5.13 Å². The number of amides is 1. The quantitative estimate of drug-likeness (QED) is 0.548. The Morgan fingerprint density at radius 3 is 2.90 bits per heavy atom. The first-order valence-electron chi connectivity index (χ1n) is 2.71. The largest absolute Gasteiger partial charge is 0.366 e. The zero-order valence-electron chi connectivity index (χ0n) is 5.28. The minimum atomic E-state index is -0.380. The molecule has 0 saturated heterocycles. The van der Waals surface area contributed by atoms with Crippen LogP contribution in [0.15, 0.2) is 11.6 Å². The molecule has 5 heteroatoms. The zero-order chi connectivity index (χ0) is 7.56. The number of nitrogens with two attached hydrogens (primary N) is 2. The van der Waals surface area contributed by atoms with Gasteiger partial charge in [-0.1, -0.05) is 11.3 Å². The highest BCUT2D eigenvalue weighted by molar-refractivity contribution is 7.12. The van der Waals surface area contributed by atoms with Crippen molar-refractivity contribution in [1.82, 2.24) is 0 Å². The Morgan fingerprint density at radius 2 is 2.50 bits per heavy atom. The number of nitrogen functional groups attached to an aromatic ring is 1. The molecule has 0 bridgehead atoms. The lowest BCUT2D eigenvalue weighted by molar-refractivity contribution is -0.665. The third kappa shape index (κ3) is 1.44. The summed E-state index contributed by atoms with van der Waals surface area (Å²) in [6.45, 7) is 0.162. The summed E-state index contributed by atoms with van der Waals surface area (Å²) in [6, 6.07) is 0. The van der Waals surface area contributed by atoms with Crippen LogP contribution in [0.5, 0.6) is 0 Å². The minimum Gasteiger partial charge on any atom is -0.366 e. The minimum absolute atomic E-state index is 0.162. The lowest BCUT2D eigenvalue weighted by atomic mass is 10.6. The van der Waals surface area contributed by atoms with Gasteiger partial charge in [-0.05, 0) is 0 Å². The number of primary amides is 1. The molecule has 0 spiro atoms. The molecule has 1 aromatic rings. The Labute approximate surface area is 62.1 Å². The van der Waals surface area contributed by atoms with E-state index in [2.05, 4.69) is 0 Å². The maximum atomic E-state index is 10.4. The van der Waals surface area contributed by atoms with Crippen LogP contribution in [-0.4, -0.2) is 5.91 Å². The van der Waals surface area contributed by atoms with E-state index in [1.54, 1.807) is 16.1 Å². The fourth-order valence-corrected chi connectivity index (χ4v) is 1.22. The molecule has 0 saturated carbocycles. The molecule has 0 unspecified atom stereocenters. The second-order valence-electron chi connectivity index (χ2n) is 1.84. The highest BCUT2D eigenvalue weighted by Crippen LogP contribution is 2.01. The van der Waals surface area contributed by atoms with Crippen LogP contribution in [0.3, 0.4) is 0 Å². The molecule has 0 radical (unpaired) electrons. The molecule has 54 valence electrons. The number of carbonyl (C=O) groups excluding carboxylic acids is 1. The Kier molecular flexibility index (Phi) is 1.86. The fourth-order valence-electron chi connectivity index (χ4n) is 0.613. The van der Waals surface area contributed by atoms with Crippen LogP contribution in [0.4, 0.5) is 5.13 Å². The Balaban J connectivity index is 2.74. The van der Waals surface area contributed by atoms with E-state index in [0.717, 1.165) is 0 Å². The van der Waals surface area contributed by atoms with E-state index < -0.39 is 0 Å². The van der Waals surface area contributed by atoms with E-state index in [0.29, 0.717) is 5.13 Å². The first-order valence-corrected chi connectivity index (χ1v) is 3.59. The van der Waals surface area contributed by atoms with Gasteiger partial charge in [0.25, 0.3) is 5.91 Å². The predicted molar refractivity (Wildman–Crippen MR) is 38.1 cm³/mol. The highest BCUT2D eigenvalue weighted by atomic mass is 32.1. The van der Waals surface area contributed by atoms with E-state index >= 15 is 0 Å². The van der Waals surface area contributed by atoms with Crippen LogP contribution in [-0.2, 0) is 11.3 Å². The topological polar surface area (TPSA) is 73.0 Å². The van der Waals surface area contributed by atoms with Crippen molar-refractivity contribution in [2.24, 2.45) is 5.73 Å². The number of anilines is 1. The number of nitrogens with zero attached hydrogens (tertiary/aromatic N) is 1. The standard InChI is InChI=1S/C5H7N3OS/c6-4(9)3-8-1-2-10-5(8)7/h1-2,7H,3H2,(H2,6,9)/p+1. The Morgan fingerprint density at radius 1 is 1.80 bits per heavy atom. The number of rotatable bonds is 2. The molecule has 4 nitrogen and oxygen atoms in total. The second kappa shape index (κ2) is 2.66. The summed E-state index contributed by atoms with van der Waals surface area (Å²) in [5, 5.41) is 2.40. The SMILES string of the molecule is NC(=O)C[n+]1ccsc1N. The number of hydrogen-bond acceptors (Lipinski definition) is 3. The molecule has 0 aromatic carbocycles. The third-order valence-electron chi connectivity index (χ3n) is 1.04. The van der Waals surface area contributed by atoms with Crippen molar-refractivity contribution in [2.75, 3.05) is 5.73 Å². The van der Waals surface area contributed by atoms with Crippen molar-refractivity contribution < 1.29 is 9.36 Å². The smallest absolute Gasteiger partial charge is 0.332 e. The van der Waals surface area contributed by atoms with Gasteiger partial charge in [0.15, 0.2) is 6.54 Å². The monoisotopic (exact) mass is 158 g/mol. The van der Waals surface area contributed by atoms with Gasteiger partial charge in [-0.2, -0.15) is 0 Å². The van der Waals surface area contributed by atoms with Crippen molar-refractivity contribution in [1.29, 1.82) is 0 Å². The van der Waals surface area contributed by atoms with E-state index in [1.165, 1.54) is 11.3 Å². The summed E-state index contributed by atoms with van der Waals surface area (Å²) >= 11 is 1.38. The summed E-state index contributed by atoms with van der Waals surface area (Å²) in [5.41, 5.74) is 10.4. The maximum Gasteiger partial charge on any atom is 0.332 e. The molecule has 1 heterocycles. The van der Waals surface area contributed by atoms with Crippen molar-refractivity contribution in [3.05, 3.63) is 11.6 Å². The summed E-state index contributed by atoms with van der Waals surface area (Å²) in [5.74, 6) is -0.380. The molecule has 0 fully saturated rings. The molecule has 0 aliphatic rings. The van der Waals surface area contributed by atoms with Gasteiger partial charge < -0.3 is 5.73 Å². The summed E-state index contributed by atoms with van der Waals surface area (Å²) < 4.78 is 1.60. The molecule has 4 N–H and O–H groups in total. The van der Waals surface area contributed by atoms with Crippen LogP contribution in [0.1, 0.15) is 0 Å². The fraction of sp³-hybridized carbons (Fsp3) is 0.200. The van der Waals surface area contributed by atoms with Gasteiger partial charge in [0.2, 0.25) is 0 Å². The number of carbonyl (C=O) groups is 1. The number of thiazole rings is 1. The van der Waals surface area contributed by atoms with E-state index in [9.17, 15) is 4.79 Å². The van der Waals surface area contributed by atoms with Gasteiger partial charge in [-0.3, -0.25) is 10.5 Å². The lowest BCUT2D eigenvalue weighted by Crippen LogP contribution is -2.40. The van der Waals surface area contributed by atoms with Crippen LogP contribution >= 0.6 is 11.3 Å². The number of hydrogen-bond donors (Lipinski definition) is 2. The second-order valence-corrected chi connectivity index (χ2v) is 2.76. The molecule has 1 amide bonds. The van der Waals surface area contributed by atoms with Gasteiger partial charge in [-0.25, -0.2) is 4.57 Å². The Hall–Kier alpha value is -1.10. The molecule has 0 atom stereocenters. The summed E-state index contributed by atoms with van der Waals surface area (Å²) in [4.78, 5) is 10.4. The van der Waals surface area contributed by atoms with Crippen molar-refractivity contribution in [3.63, 3.8) is 0 Å². The summed E-state index contributed by atoms with van der Waals surface area (Å²) in [7, 11) is 0. The highest BCUT2D eigenvalue weighted by Gasteiger charge is 2.06.